The lowest BCUT2D eigenvalue weighted by Crippen LogP contribution is -2.35. The summed E-state index contributed by atoms with van der Waals surface area (Å²) >= 11 is 0. The maximum Gasteiger partial charge on any atom is 0.228 e. The Balaban J connectivity index is 2.04. The van der Waals surface area contributed by atoms with Gasteiger partial charge < -0.3 is 15.8 Å². The molecule has 0 aliphatic carbocycles. The second-order valence-corrected chi connectivity index (χ2v) is 6.17. The molecule has 0 bridgehead atoms. The van der Waals surface area contributed by atoms with Crippen LogP contribution in [0.15, 0.2) is 18.2 Å². The van der Waals surface area contributed by atoms with Crippen LogP contribution in [0.25, 0.3) is 0 Å². The van der Waals surface area contributed by atoms with Crippen molar-refractivity contribution in [3.63, 3.8) is 0 Å². The summed E-state index contributed by atoms with van der Waals surface area (Å²) in [6, 6.07) is 6.09. The van der Waals surface area contributed by atoms with Crippen LogP contribution in [0.3, 0.4) is 0 Å². The molecule has 0 spiro atoms. The summed E-state index contributed by atoms with van der Waals surface area (Å²) in [6.07, 6.45) is 0. The molecule has 0 saturated carbocycles. The third-order valence-corrected chi connectivity index (χ3v) is 4.27. The zero-order valence-corrected chi connectivity index (χ0v) is 13.8. The molecular weight excluding hydrogens is 278 g/mol. The number of hydrogen-bond acceptors (Lipinski definition) is 4. The number of hydrogen-bond donors (Lipinski definition) is 2. The fourth-order valence-electron chi connectivity index (χ4n) is 2.40. The minimum absolute atomic E-state index is 0.0263. The summed E-state index contributed by atoms with van der Waals surface area (Å²) in [4.78, 5) is 14.6. The van der Waals surface area contributed by atoms with Crippen LogP contribution in [0.4, 0.5) is 5.69 Å². The van der Waals surface area contributed by atoms with Gasteiger partial charge in [0.15, 0.2) is 0 Å². The second kappa shape index (κ2) is 7.72. The first-order valence-corrected chi connectivity index (χ1v) is 7.93. The number of morpholine rings is 1. The third kappa shape index (κ3) is 4.53. The molecular formula is C17H27N3O2. The van der Waals surface area contributed by atoms with Gasteiger partial charge in [-0.3, -0.25) is 9.69 Å². The van der Waals surface area contributed by atoms with Crippen molar-refractivity contribution in [2.24, 2.45) is 11.7 Å². The van der Waals surface area contributed by atoms with E-state index in [1.807, 2.05) is 20.8 Å². The molecule has 1 amide bonds. The van der Waals surface area contributed by atoms with Crippen molar-refractivity contribution in [3.8, 4) is 0 Å². The lowest BCUT2D eigenvalue weighted by Gasteiger charge is -2.27. The molecule has 2 unspecified atom stereocenters. The first kappa shape index (κ1) is 16.9. The second-order valence-electron chi connectivity index (χ2n) is 6.17. The molecule has 5 heteroatoms. The summed E-state index contributed by atoms with van der Waals surface area (Å²) in [7, 11) is 0. The van der Waals surface area contributed by atoms with Gasteiger partial charge in [-0.1, -0.05) is 19.1 Å². The number of nitrogens with zero attached hydrogens (tertiary/aromatic N) is 1. The van der Waals surface area contributed by atoms with E-state index in [0.29, 0.717) is 0 Å². The molecule has 1 aromatic rings. The molecule has 122 valence electrons. The van der Waals surface area contributed by atoms with Crippen LogP contribution >= 0.6 is 0 Å². The van der Waals surface area contributed by atoms with Crippen molar-refractivity contribution in [1.82, 2.24) is 4.90 Å². The maximum atomic E-state index is 12.2. The highest BCUT2D eigenvalue weighted by atomic mass is 16.5. The molecule has 5 nitrogen and oxygen atoms in total. The molecule has 22 heavy (non-hydrogen) atoms. The van der Waals surface area contributed by atoms with Gasteiger partial charge in [0.2, 0.25) is 5.91 Å². The summed E-state index contributed by atoms with van der Waals surface area (Å²) in [5, 5.41) is 3.01. The van der Waals surface area contributed by atoms with E-state index in [-0.39, 0.29) is 17.9 Å². The normalized spacial score (nSPS) is 18.7. The van der Waals surface area contributed by atoms with E-state index < -0.39 is 0 Å². The van der Waals surface area contributed by atoms with Crippen molar-refractivity contribution in [3.05, 3.63) is 29.3 Å². The molecule has 1 aliphatic rings. The first-order chi connectivity index (χ1) is 10.5. The Bertz CT molecular complexity index is 511. The SMILES string of the molecule is Cc1ccc(CN2CCOCC2)cc1NC(=O)C(C)C(C)N. The minimum atomic E-state index is -0.206. The van der Waals surface area contributed by atoms with Gasteiger partial charge in [0.1, 0.15) is 0 Å². The zero-order valence-electron chi connectivity index (χ0n) is 13.8. The summed E-state index contributed by atoms with van der Waals surface area (Å²) < 4.78 is 5.37. The van der Waals surface area contributed by atoms with Crippen molar-refractivity contribution < 1.29 is 9.53 Å². The van der Waals surface area contributed by atoms with Crippen LogP contribution < -0.4 is 11.1 Å². The van der Waals surface area contributed by atoms with Gasteiger partial charge in [-0.05, 0) is 31.0 Å². The van der Waals surface area contributed by atoms with E-state index in [4.69, 9.17) is 10.5 Å². The molecule has 1 aromatic carbocycles. The Morgan fingerprint density at radius 3 is 2.68 bits per heavy atom. The number of nitrogens with one attached hydrogen (secondary N) is 1. The highest BCUT2D eigenvalue weighted by molar-refractivity contribution is 5.93. The Labute approximate surface area is 132 Å². The molecule has 1 saturated heterocycles. The lowest BCUT2D eigenvalue weighted by molar-refractivity contribution is -0.119. The predicted octanol–water partition coefficient (Wildman–Crippen LogP) is 1.75. The van der Waals surface area contributed by atoms with Gasteiger partial charge in [0, 0.05) is 31.4 Å². The smallest absolute Gasteiger partial charge is 0.228 e. The minimum Gasteiger partial charge on any atom is -0.379 e. The Kier molecular flexibility index (Phi) is 5.94. The van der Waals surface area contributed by atoms with Crippen molar-refractivity contribution in [1.29, 1.82) is 0 Å². The van der Waals surface area contributed by atoms with Crippen LogP contribution in [0.1, 0.15) is 25.0 Å². The van der Waals surface area contributed by atoms with E-state index in [2.05, 4.69) is 28.4 Å². The van der Waals surface area contributed by atoms with Crippen LogP contribution in [0, 0.1) is 12.8 Å². The van der Waals surface area contributed by atoms with Crippen LogP contribution in [-0.4, -0.2) is 43.2 Å². The molecule has 1 aliphatic heterocycles. The molecule has 1 heterocycles. The zero-order chi connectivity index (χ0) is 16.1. The fraction of sp³-hybridized carbons (Fsp3) is 0.588. The number of carbonyl (C=O) groups is 1. The van der Waals surface area contributed by atoms with Gasteiger partial charge in [0.25, 0.3) is 0 Å². The monoisotopic (exact) mass is 305 g/mol. The average Bonchev–Trinajstić information content (AvgIpc) is 2.50. The topological polar surface area (TPSA) is 67.6 Å². The fourth-order valence-corrected chi connectivity index (χ4v) is 2.40. The molecule has 1 fully saturated rings. The highest BCUT2D eigenvalue weighted by Crippen LogP contribution is 2.19. The summed E-state index contributed by atoms with van der Waals surface area (Å²) in [5.74, 6) is -0.232. The number of benzene rings is 1. The van der Waals surface area contributed by atoms with Gasteiger partial charge >= 0.3 is 0 Å². The van der Waals surface area contributed by atoms with Crippen LogP contribution in [0.5, 0.6) is 0 Å². The number of aryl methyl sites for hydroxylation is 1. The molecule has 0 aromatic heterocycles. The lowest BCUT2D eigenvalue weighted by atomic mass is 10.0. The average molecular weight is 305 g/mol. The van der Waals surface area contributed by atoms with Crippen LogP contribution in [0.2, 0.25) is 0 Å². The van der Waals surface area contributed by atoms with E-state index in [1.54, 1.807) is 0 Å². The third-order valence-electron chi connectivity index (χ3n) is 4.27. The Morgan fingerprint density at radius 2 is 2.05 bits per heavy atom. The number of anilines is 1. The number of ether oxygens (including phenoxy) is 1. The standard InChI is InChI=1S/C17H27N3O2/c1-12-4-5-15(11-20-6-8-22-9-7-20)10-16(12)19-17(21)13(2)14(3)18/h4-5,10,13-14H,6-9,11,18H2,1-3H3,(H,19,21). The number of rotatable bonds is 5. The number of nitrogens with two attached hydrogens (primary N) is 1. The molecule has 2 rings (SSSR count). The van der Waals surface area contributed by atoms with Crippen molar-refractivity contribution >= 4 is 11.6 Å². The molecule has 0 radical (unpaired) electrons. The van der Waals surface area contributed by atoms with Crippen molar-refractivity contribution in [2.45, 2.75) is 33.4 Å². The largest absolute Gasteiger partial charge is 0.379 e. The van der Waals surface area contributed by atoms with E-state index in [9.17, 15) is 4.79 Å². The van der Waals surface area contributed by atoms with E-state index in [1.165, 1.54) is 5.56 Å². The Hall–Kier alpha value is -1.43. The van der Waals surface area contributed by atoms with Gasteiger partial charge in [0.05, 0.1) is 19.1 Å². The van der Waals surface area contributed by atoms with Crippen LogP contribution in [-0.2, 0) is 16.1 Å². The van der Waals surface area contributed by atoms with E-state index >= 15 is 0 Å². The summed E-state index contributed by atoms with van der Waals surface area (Å²) in [5.41, 5.74) is 8.95. The van der Waals surface area contributed by atoms with Gasteiger partial charge in [-0.25, -0.2) is 0 Å². The van der Waals surface area contributed by atoms with Crippen molar-refractivity contribution in [2.75, 3.05) is 31.6 Å². The first-order valence-electron chi connectivity index (χ1n) is 7.93. The van der Waals surface area contributed by atoms with Gasteiger partial charge in [-0.2, -0.15) is 0 Å². The summed E-state index contributed by atoms with van der Waals surface area (Å²) in [6.45, 7) is 10.1. The maximum absolute atomic E-state index is 12.2. The van der Waals surface area contributed by atoms with E-state index in [0.717, 1.165) is 44.1 Å². The number of amides is 1. The predicted molar refractivity (Wildman–Crippen MR) is 88.7 cm³/mol. The van der Waals surface area contributed by atoms with Gasteiger partial charge in [-0.15, -0.1) is 0 Å². The quantitative estimate of drug-likeness (QED) is 0.869. The molecule has 3 N–H and O–H groups in total. The molecule has 2 atom stereocenters. The number of carbonyl (C=O) groups excluding carboxylic acids is 1. The Morgan fingerprint density at radius 1 is 1.36 bits per heavy atom. The highest BCUT2D eigenvalue weighted by Gasteiger charge is 2.18.